The highest BCUT2D eigenvalue weighted by molar-refractivity contribution is 6.70. The fraction of sp³-hybridized carbons (Fsp3) is 0.364. The number of hydrogen-bond donors (Lipinski definition) is 0. The normalized spacial score (nSPS) is 10.8. The van der Waals surface area contributed by atoms with Gasteiger partial charge in [0.05, 0.1) is 23.8 Å². The molecule has 0 N–H and O–H groups in total. The van der Waals surface area contributed by atoms with Crippen LogP contribution in [0.5, 0.6) is 11.5 Å². The number of methoxy groups -OCH3 is 1. The van der Waals surface area contributed by atoms with Gasteiger partial charge < -0.3 is 9.16 Å². The lowest BCUT2D eigenvalue weighted by molar-refractivity contribution is 0.392. The summed E-state index contributed by atoms with van der Waals surface area (Å²) in [6.07, 6.45) is 0. The summed E-state index contributed by atoms with van der Waals surface area (Å²) < 4.78 is 11.0. The Balaban J connectivity index is 3.23. The third-order valence-electron chi connectivity index (χ3n) is 1.77. The monoisotopic (exact) mass is 255 g/mol. The fourth-order valence-electron chi connectivity index (χ4n) is 1.19. The van der Waals surface area contributed by atoms with Crippen molar-refractivity contribution in [3.05, 3.63) is 22.7 Å². The minimum atomic E-state index is -1.75. The molecule has 0 unspecified atom stereocenters. The van der Waals surface area contributed by atoms with Crippen LogP contribution in [0, 0.1) is 11.3 Å². The minimum Gasteiger partial charge on any atom is -0.541 e. The van der Waals surface area contributed by atoms with E-state index in [2.05, 4.69) is 19.6 Å². The van der Waals surface area contributed by atoms with Gasteiger partial charge in [0.15, 0.2) is 11.5 Å². The van der Waals surface area contributed by atoms with Crippen LogP contribution in [0.4, 0.5) is 0 Å². The molecule has 0 saturated heterocycles. The number of hydrogen-bond acceptors (Lipinski definition) is 3. The summed E-state index contributed by atoms with van der Waals surface area (Å²) in [6.45, 7) is 6.17. The molecule has 0 aliphatic rings. The Labute approximate surface area is 102 Å². The maximum Gasteiger partial charge on any atom is 0.242 e. The maximum absolute atomic E-state index is 8.81. The molecule has 0 aliphatic heterocycles. The standard InChI is InChI=1S/C11H14ClNO2Si/c1-14-10-6-8(7-13)5-9(12)11(10)15-16(2,3)4/h5-6H,1-4H3. The molecule has 0 heterocycles. The Kier molecular flexibility index (Phi) is 3.84. The lowest BCUT2D eigenvalue weighted by Crippen LogP contribution is -2.29. The van der Waals surface area contributed by atoms with Crippen LogP contribution in [0.1, 0.15) is 5.56 Å². The van der Waals surface area contributed by atoms with Gasteiger partial charge in [0.1, 0.15) is 0 Å². The van der Waals surface area contributed by atoms with Gasteiger partial charge in [-0.15, -0.1) is 0 Å². The summed E-state index contributed by atoms with van der Waals surface area (Å²) in [5.74, 6) is 1.04. The van der Waals surface area contributed by atoms with Gasteiger partial charge in [-0.2, -0.15) is 5.26 Å². The van der Waals surface area contributed by atoms with Gasteiger partial charge in [-0.3, -0.25) is 0 Å². The molecule has 3 nitrogen and oxygen atoms in total. The smallest absolute Gasteiger partial charge is 0.242 e. The van der Waals surface area contributed by atoms with Gasteiger partial charge in [0, 0.05) is 6.07 Å². The maximum atomic E-state index is 8.81. The van der Waals surface area contributed by atoms with Gasteiger partial charge in [0.25, 0.3) is 0 Å². The second-order valence-electron chi connectivity index (χ2n) is 4.32. The van der Waals surface area contributed by atoms with Crippen molar-refractivity contribution in [2.24, 2.45) is 0 Å². The molecule has 16 heavy (non-hydrogen) atoms. The molecule has 1 aromatic rings. The quantitative estimate of drug-likeness (QED) is 0.777. The molecular weight excluding hydrogens is 242 g/mol. The van der Waals surface area contributed by atoms with Crippen LogP contribution in [0.2, 0.25) is 24.7 Å². The van der Waals surface area contributed by atoms with Crippen LogP contribution in [0.3, 0.4) is 0 Å². The van der Waals surface area contributed by atoms with E-state index in [4.69, 9.17) is 26.0 Å². The molecule has 5 heteroatoms. The van der Waals surface area contributed by atoms with Crippen LogP contribution in [-0.4, -0.2) is 15.4 Å². The number of nitriles is 1. The Morgan fingerprint density at radius 2 is 1.94 bits per heavy atom. The van der Waals surface area contributed by atoms with Crippen LogP contribution in [0.15, 0.2) is 12.1 Å². The molecular formula is C11H14ClNO2Si. The molecule has 0 atom stereocenters. The topological polar surface area (TPSA) is 42.2 Å². The summed E-state index contributed by atoms with van der Waals surface area (Å²) in [6, 6.07) is 5.23. The van der Waals surface area contributed by atoms with Crippen molar-refractivity contribution in [2.75, 3.05) is 7.11 Å². The average molecular weight is 256 g/mol. The van der Waals surface area contributed by atoms with Crippen molar-refractivity contribution in [3.8, 4) is 17.6 Å². The van der Waals surface area contributed by atoms with Crippen LogP contribution >= 0.6 is 11.6 Å². The summed E-state index contributed by atoms with van der Waals surface area (Å²) in [4.78, 5) is 0. The van der Waals surface area contributed by atoms with Crippen molar-refractivity contribution >= 4 is 19.9 Å². The molecule has 86 valence electrons. The first-order chi connectivity index (χ1) is 7.37. The van der Waals surface area contributed by atoms with E-state index >= 15 is 0 Å². The Morgan fingerprint density at radius 3 is 2.38 bits per heavy atom. The molecule has 0 bridgehead atoms. The van der Waals surface area contributed by atoms with E-state index in [1.807, 2.05) is 6.07 Å². The second kappa shape index (κ2) is 4.77. The SMILES string of the molecule is COc1cc(C#N)cc(Cl)c1O[Si](C)(C)C. The number of ether oxygens (including phenoxy) is 1. The van der Waals surface area contributed by atoms with Gasteiger partial charge >= 0.3 is 0 Å². The number of rotatable bonds is 3. The Morgan fingerprint density at radius 1 is 1.31 bits per heavy atom. The summed E-state index contributed by atoms with van der Waals surface area (Å²) in [7, 11) is -0.220. The van der Waals surface area contributed by atoms with Crippen LogP contribution < -0.4 is 9.16 Å². The predicted molar refractivity (Wildman–Crippen MR) is 66.7 cm³/mol. The first kappa shape index (κ1) is 12.9. The van der Waals surface area contributed by atoms with Crippen LogP contribution in [-0.2, 0) is 0 Å². The second-order valence-corrected chi connectivity index (χ2v) is 9.15. The van der Waals surface area contributed by atoms with Gasteiger partial charge in [-0.25, -0.2) is 0 Å². The molecule has 1 aromatic carbocycles. The van der Waals surface area contributed by atoms with E-state index < -0.39 is 8.32 Å². The first-order valence-corrected chi connectivity index (χ1v) is 8.62. The van der Waals surface area contributed by atoms with E-state index in [-0.39, 0.29) is 0 Å². The average Bonchev–Trinajstić information content (AvgIpc) is 2.19. The molecule has 0 amide bonds. The third kappa shape index (κ3) is 3.16. The van der Waals surface area contributed by atoms with Crippen molar-refractivity contribution in [1.29, 1.82) is 5.26 Å². The third-order valence-corrected chi connectivity index (χ3v) is 2.86. The van der Waals surface area contributed by atoms with Crippen molar-refractivity contribution < 1.29 is 9.16 Å². The largest absolute Gasteiger partial charge is 0.541 e. The highest BCUT2D eigenvalue weighted by atomic mass is 35.5. The highest BCUT2D eigenvalue weighted by Gasteiger charge is 2.21. The zero-order valence-electron chi connectivity index (χ0n) is 9.80. The van der Waals surface area contributed by atoms with Crippen molar-refractivity contribution in [2.45, 2.75) is 19.6 Å². The van der Waals surface area contributed by atoms with Crippen molar-refractivity contribution in [3.63, 3.8) is 0 Å². The highest BCUT2D eigenvalue weighted by Crippen LogP contribution is 2.37. The van der Waals surface area contributed by atoms with E-state index in [0.29, 0.717) is 22.1 Å². The zero-order valence-corrected chi connectivity index (χ0v) is 11.6. The van der Waals surface area contributed by atoms with Crippen LogP contribution in [0.25, 0.3) is 0 Å². The molecule has 0 spiro atoms. The molecule has 0 aliphatic carbocycles. The van der Waals surface area contributed by atoms with E-state index in [1.165, 1.54) is 7.11 Å². The Hall–Kier alpha value is -1.18. The summed E-state index contributed by atoms with van der Waals surface area (Å²) >= 11 is 6.06. The van der Waals surface area contributed by atoms with E-state index in [0.717, 1.165) is 0 Å². The molecule has 0 aromatic heterocycles. The number of nitrogens with zero attached hydrogens (tertiary/aromatic N) is 1. The van der Waals surface area contributed by atoms with Crippen molar-refractivity contribution in [1.82, 2.24) is 0 Å². The molecule has 0 saturated carbocycles. The zero-order chi connectivity index (χ0) is 12.3. The molecule has 1 rings (SSSR count). The van der Waals surface area contributed by atoms with Gasteiger partial charge in [-0.1, -0.05) is 11.6 Å². The molecule has 0 fully saturated rings. The Bertz CT molecular complexity index is 435. The van der Waals surface area contributed by atoms with E-state index in [1.54, 1.807) is 12.1 Å². The van der Waals surface area contributed by atoms with Gasteiger partial charge in [0.2, 0.25) is 8.32 Å². The first-order valence-electron chi connectivity index (χ1n) is 4.84. The lowest BCUT2D eigenvalue weighted by atomic mass is 10.2. The number of halogens is 1. The van der Waals surface area contributed by atoms with Gasteiger partial charge in [-0.05, 0) is 25.7 Å². The number of benzene rings is 1. The summed E-state index contributed by atoms with van der Waals surface area (Å²) in [5.41, 5.74) is 0.463. The fourth-order valence-corrected chi connectivity index (χ4v) is 2.33. The lowest BCUT2D eigenvalue weighted by Gasteiger charge is -2.22. The van der Waals surface area contributed by atoms with E-state index in [9.17, 15) is 0 Å². The summed E-state index contributed by atoms with van der Waals surface area (Å²) in [5, 5.41) is 9.22. The predicted octanol–water partition coefficient (Wildman–Crippen LogP) is 3.43. The minimum absolute atomic E-state index is 0.415. The molecule has 0 radical (unpaired) electrons.